The number of aryl methyl sites for hydroxylation is 2. The molecule has 2 aromatic heterocycles. The van der Waals surface area contributed by atoms with Gasteiger partial charge in [-0.15, -0.1) is 0 Å². The summed E-state index contributed by atoms with van der Waals surface area (Å²) < 4.78 is 7.20. The molecule has 6 heteroatoms. The molecule has 0 aromatic carbocycles. The fourth-order valence-corrected chi connectivity index (χ4v) is 2.53. The molecule has 19 heavy (non-hydrogen) atoms. The number of imidazole rings is 1. The van der Waals surface area contributed by atoms with Gasteiger partial charge in [-0.3, -0.25) is 0 Å². The van der Waals surface area contributed by atoms with Crippen LogP contribution in [-0.4, -0.2) is 32.8 Å². The van der Waals surface area contributed by atoms with Gasteiger partial charge in [-0.1, -0.05) is 5.16 Å². The van der Waals surface area contributed by atoms with Crippen molar-refractivity contribution in [2.45, 2.75) is 25.7 Å². The summed E-state index contributed by atoms with van der Waals surface area (Å²) in [6, 6.07) is 0. The van der Waals surface area contributed by atoms with Gasteiger partial charge in [-0.05, 0) is 38.3 Å². The van der Waals surface area contributed by atoms with Crippen LogP contribution in [0.5, 0.6) is 0 Å². The van der Waals surface area contributed by atoms with Crippen LogP contribution >= 0.6 is 0 Å². The first-order valence-electron chi connectivity index (χ1n) is 6.83. The second-order valence-corrected chi connectivity index (χ2v) is 5.15. The van der Waals surface area contributed by atoms with E-state index >= 15 is 0 Å². The van der Waals surface area contributed by atoms with Gasteiger partial charge in [-0.2, -0.15) is 4.98 Å². The fraction of sp³-hybridized carbons (Fsp3) is 0.615. The molecule has 0 bridgehead atoms. The molecular formula is C13H19N5O. The van der Waals surface area contributed by atoms with E-state index in [1.807, 2.05) is 11.6 Å². The van der Waals surface area contributed by atoms with Crippen LogP contribution in [0.3, 0.4) is 0 Å². The van der Waals surface area contributed by atoms with Crippen molar-refractivity contribution in [3.05, 3.63) is 18.4 Å². The van der Waals surface area contributed by atoms with Gasteiger partial charge in [-0.25, -0.2) is 4.98 Å². The minimum absolute atomic E-state index is 0.622. The lowest BCUT2D eigenvalue weighted by molar-refractivity contribution is 0.327. The Morgan fingerprint density at radius 2 is 2.47 bits per heavy atom. The molecule has 1 unspecified atom stereocenters. The molecule has 0 aliphatic carbocycles. The van der Waals surface area contributed by atoms with Crippen LogP contribution in [0.4, 0.5) is 0 Å². The average molecular weight is 261 g/mol. The van der Waals surface area contributed by atoms with Crippen LogP contribution in [0.25, 0.3) is 11.5 Å². The Bertz CT molecular complexity index is 527. The molecule has 1 N–H and O–H groups in total. The molecule has 1 aliphatic heterocycles. The second-order valence-electron chi connectivity index (χ2n) is 5.15. The first-order chi connectivity index (χ1) is 9.33. The van der Waals surface area contributed by atoms with E-state index in [0.717, 1.165) is 43.4 Å². The van der Waals surface area contributed by atoms with E-state index in [1.54, 1.807) is 12.5 Å². The van der Waals surface area contributed by atoms with E-state index in [4.69, 9.17) is 4.52 Å². The molecule has 3 rings (SSSR count). The van der Waals surface area contributed by atoms with Crippen LogP contribution in [0, 0.1) is 5.92 Å². The Balaban J connectivity index is 1.60. The standard InChI is InChI=1S/C13H19N5O/c1-18-9-15-8-11(18)13-16-12(19-17-13)5-4-10-3-2-6-14-7-10/h8-10,14H,2-7H2,1H3. The second kappa shape index (κ2) is 5.52. The van der Waals surface area contributed by atoms with Crippen LogP contribution in [0.15, 0.2) is 17.0 Å². The highest BCUT2D eigenvalue weighted by atomic mass is 16.5. The van der Waals surface area contributed by atoms with Crippen molar-refractivity contribution in [1.82, 2.24) is 25.0 Å². The summed E-state index contributed by atoms with van der Waals surface area (Å²) in [6.07, 6.45) is 8.03. The highest BCUT2D eigenvalue weighted by molar-refractivity contribution is 5.46. The number of nitrogens with zero attached hydrogens (tertiary/aromatic N) is 4. The van der Waals surface area contributed by atoms with Gasteiger partial charge < -0.3 is 14.4 Å². The lowest BCUT2D eigenvalue weighted by Crippen LogP contribution is -2.29. The monoisotopic (exact) mass is 261 g/mol. The molecular weight excluding hydrogens is 242 g/mol. The molecule has 2 aromatic rings. The van der Waals surface area contributed by atoms with E-state index in [0.29, 0.717) is 5.82 Å². The first kappa shape index (κ1) is 12.3. The zero-order valence-corrected chi connectivity index (χ0v) is 11.2. The third-order valence-corrected chi connectivity index (χ3v) is 3.68. The molecule has 0 radical (unpaired) electrons. The van der Waals surface area contributed by atoms with Crippen LogP contribution in [0.1, 0.15) is 25.2 Å². The normalized spacial score (nSPS) is 19.7. The molecule has 0 spiro atoms. The van der Waals surface area contributed by atoms with Crippen LogP contribution in [0.2, 0.25) is 0 Å². The smallest absolute Gasteiger partial charge is 0.227 e. The predicted octanol–water partition coefficient (Wildman–Crippen LogP) is 1.40. The van der Waals surface area contributed by atoms with Crippen molar-refractivity contribution in [3.8, 4) is 11.5 Å². The number of piperidine rings is 1. The third-order valence-electron chi connectivity index (χ3n) is 3.68. The minimum atomic E-state index is 0.622. The Morgan fingerprint density at radius 3 is 3.21 bits per heavy atom. The highest BCUT2D eigenvalue weighted by Gasteiger charge is 2.16. The van der Waals surface area contributed by atoms with Crippen molar-refractivity contribution in [1.29, 1.82) is 0 Å². The summed E-state index contributed by atoms with van der Waals surface area (Å²) in [4.78, 5) is 8.50. The molecule has 1 atom stereocenters. The molecule has 0 saturated carbocycles. The van der Waals surface area contributed by atoms with Crippen molar-refractivity contribution >= 4 is 0 Å². The van der Waals surface area contributed by atoms with Crippen molar-refractivity contribution < 1.29 is 4.52 Å². The van der Waals surface area contributed by atoms with E-state index in [1.165, 1.54) is 12.8 Å². The molecule has 6 nitrogen and oxygen atoms in total. The maximum atomic E-state index is 5.31. The maximum absolute atomic E-state index is 5.31. The van der Waals surface area contributed by atoms with E-state index in [-0.39, 0.29) is 0 Å². The maximum Gasteiger partial charge on any atom is 0.227 e. The summed E-state index contributed by atoms with van der Waals surface area (Å²) in [5.74, 6) is 2.08. The van der Waals surface area contributed by atoms with Gasteiger partial charge in [0.05, 0.1) is 12.5 Å². The van der Waals surface area contributed by atoms with Crippen LogP contribution in [-0.2, 0) is 13.5 Å². The summed E-state index contributed by atoms with van der Waals surface area (Å²) in [5.41, 5.74) is 0.884. The summed E-state index contributed by atoms with van der Waals surface area (Å²) in [7, 11) is 1.92. The van der Waals surface area contributed by atoms with Gasteiger partial charge in [0.2, 0.25) is 11.7 Å². The first-order valence-corrected chi connectivity index (χ1v) is 6.83. The largest absolute Gasteiger partial charge is 0.339 e. The molecule has 1 aliphatic rings. The van der Waals surface area contributed by atoms with Gasteiger partial charge in [0.1, 0.15) is 5.69 Å². The number of nitrogens with one attached hydrogen (secondary N) is 1. The number of hydrogen-bond donors (Lipinski definition) is 1. The molecule has 3 heterocycles. The molecule has 0 amide bonds. The van der Waals surface area contributed by atoms with E-state index in [2.05, 4.69) is 20.4 Å². The molecule has 1 saturated heterocycles. The van der Waals surface area contributed by atoms with E-state index in [9.17, 15) is 0 Å². The zero-order chi connectivity index (χ0) is 13.1. The van der Waals surface area contributed by atoms with Crippen molar-refractivity contribution in [3.63, 3.8) is 0 Å². The molecule has 1 fully saturated rings. The van der Waals surface area contributed by atoms with Crippen molar-refractivity contribution in [2.24, 2.45) is 13.0 Å². The van der Waals surface area contributed by atoms with Gasteiger partial charge in [0.25, 0.3) is 0 Å². The SMILES string of the molecule is Cn1cncc1-c1noc(CCC2CCCNC2)n1. The fourth-order valence-electron chi connectivity index (χ4n) is 2.53. The lowest BCUT2D eigenvalue weighted by atomic mass is 9.95. The quantitative estimate of drug-likeness (QED) is 0.901. The summed E-state index contributed by atoms with van der Waals surface area (Å²) >= 11 is 0. The summed E-state index contributed by atoms with van der Waals surface area (Å²) in [6.45, 7) is 2.27. The number of aromatic nitrogens is 4. The third kappa shape index (κ3) is 2.84. The lowest BCUT2D eigenvalue weighted by Gasteiger charge is -2.21. The van der Waals surface area contributed by atoms with E-state index < -0.39 is 0 Å². The average Bonchev–Trinajstić information content (AvgIpc) is 3.06. The number of hydrogen-bond acceptors (Lipinski definition) is 5. The minimum Gasteiger partial charge on any atom is -0.339 e. The number of rotatable bonds is 4. The van der Waals surface area contributed by atoms with Gasteiger partial charge in [0, 0.05) is 13.5 Å². The Morgan fingerprint density at radius 1 is 1.53 bits per heavy atom. The Labute approximate surface area is 112 Å². The topological polar surface area (TPSA) is 68.8 Å². The van der Waals surface area contributed by atoms with Crippen molar-refractivity contribution in [2.75, 3.05) is 13.1 Å². The van der Waals surface area contributed by atoms with Gasteiger partial charge >= 0.3 is 0 Å². The Hall–Kier alpha value is -1.69. The zero-order valence-electron chi connectivity index (χ0n) is 11.2. The van der Waals surface area contributed by atoms with Crippen LogP contribution < -0.4 is 5.32 Å². The predicted molar refractivity (Wildman–Crippen MR) is 70.4 cm³/mol. The molecule has 102 valence electrons. The highest BCUT2D eigenvalue weighted by Crippen LogP contribution is 2.18. The summed E-state index contributed by atoms with van der Waals surface area (Å²) in [5, 5.41) is 7.45. The Kier molecular flexibility index (Phi) is 3.59. The van der Waals surface area contributed by atoms with Gasteiger partial charge in [0.15, 0.2) is 0 Å².